The molecule has 8 heavy (non-hydrogen) atoms. The van der Waals surface area contributed by atoms with Gasteiger partial charge in [-0.3, -0.25) is 0 Å². The van der Waals surface area contributed by atoms with Gasteiger partial charge in [0.2, 0.25) is 0 Å². The molecule has 2 aliphatic heterocycles. The molecule has 0 aromatic heterocycles. The van der Waals surface area contributed by atoms with Gasteiger partial charge in [0.25, 0.3) is 20.0 Å². The van der Waals surface area contributed by atoms with Crippen molar-refractivity contribution in [3.8, 4) is 0 Å². The summed E-state index contributed by atoms with van der Waals surface area (Å²) >= 11 is 0. The Balaban J connectivity index is 1.79. The van der Waals surface area contributed by atoms with E-state index in [2.05, 4.69) is 0 Å². The van der Waals surface area contributed by atoms with Crippen LogP contribution >= 0.6 is 0 Å². The van der Waals surface area contributed by atoms with E-state index in [-0.39, 0.29) is 0 Å². The lowest BCUT2D eigenvalue weighted by atomic mass is 15.7. The molecule has 0 N–H and O–H groups in total. The highest BCUT2D eigenvalue weighted by molar-refractivity contribution is 7.18. The maximum Gasteiger partial charge on any atom is 0.344 e. The fraction of sp³-hybridized carbons (Fsp3) is 0. The monoisotopic (exact) mass is 182 g/mol. The van der Waals surface area contributed by atoms with Gasteiger partial charge >= 0.3 is 17.6 Å². The molecule has 46 valence electrons. The van der Waals surface area contributed by atoms with Gasteiger partial charge in [-0.05, 0) is 0 Å². The SMILES string of the molecule is O1[SiH2]O[SiH]1[SiH]1O[SiH2]O1. The van der Waals surface area contributed by atoms with Crippen molar-refractivity contribution in [2.75, 3.05) is 0 Å². The fourth-order valence-corrected chi connectivity index (χ4v) is 14.0. The molecule has 4 nitrogen and oxygen atoms in total. The molecule has 8 heteroatoms. The van der Waals surface area contributed by atoms with E-state index in [1.165, 1.54) is 0 Å². The molecule has 0 radical (unpaired) electrons. The van der Waals surface area contributed by atoms with Gasteiger partial charge in [0.05, 0.1) is 0 Å². The van der Waals surface area contributed by atoms with Crippen LogP contribution in [0.4, 0.5) is 0 Å². The second-order valence-electron chi connectivity index (χ2n) is 1.64. The van der Waals surface area contributed by atoms with E-state index < -0.39 is 37.6 Å². The zero-order valence-corrected chi connectivity index (χ0v) is 9.34. The Bertz CT molecular complexity index is 74.0. The van der Waals surface area contributed by atoms with Crippen LogP contribution in [0.25, 0.3) is 0 Å². The first-order valence-electron chi connectivity index (χ1n) is 2.43. The van der Waals surface area contributed by atoms with E-state index in [1.54, 1.807) is 0 Å². The molecule has 0 amide bonds. The van der Waals surface area contributed by atoms with E-state index in [4.69, 9.17) is 16.5 Å². The molecular weight excluding hydrogens is 176 g/mol. The predicted octanol–water partition coefficient (Wildman–Crippen LogP) is -3.40. The molecule has 2 rings (SSSR count). The zero-order valence-electron chi connectivity index (χ0n) is 4.20. The largest absolute Gasteiger partial charge is 0.422 e. The molecule has 2 aliphatic rings. The van der Waals surface area contributed by atoms with Crippen LogP contribution in [0.2, 0.25) is 0 Å². The molecule has 0 atom stereocenters. The predicted molar refractivity (Wildman–Crippen MR) is 35.7 cm³/mol. The lowest BCUT2D eigenvalue weighted by molar-refractivity contribution is 0.274. The first-order chi connectivity index (χ1) is 3.97. The highest BCUT2D eigenvalue weighted by Gasteiger charge is 2.41. The lowest BCUT2D eigenvalue weighted by Crippen LogP contribution is -2.60. The first kappa shape index (κ1) is 5.49. The van der Waals surface area contributed by atoms with E-state index in [1.807, 2.05) is 0 Å². The third-order valence-corrected chi connectivity index (χ3v) is 17.3. The second kappa shape index (κ2) is 2.15. The summed E-state index contributed by atoms with van der Waals surface area (Å²) in [6.07, 6.45) is 0. The summed E-state index contributed by atoms with van der Waals surface area (Å²) < 4.78 is 20.9. The van der Waals surface area contributed by atoms with Crippen molar-refractivity contribution >= 4 is 37.6 Å². The lowest BCUT2D eigenvalue weighted by Gasteiger charge is -2.35. The number of hydrogen-bond donors (Lipinski definition) is 0. The summed E-state index contributed by atoms with van der Waals surface area (Å²) in [6, 6.07) is 0. The second-order valence-corrected chi connectivity index (χ2v) is 12.2. The third kappa shape index (κ3) is 0.783. The first-order valence-corrected chi connectivity index (χ1v) is 9.29. The summed E-state index contributed by atoms with van der Waals surface area (Å²) in [6.45, 7) is 0. The van der Waals surface area contributed by atoms with Crippen molar-refractivity contribution in [3.05, 3.63) is 0 Å². The van der Waals surface area contributed by atoms with Gasteiger partial charge in [-0.15, -0.1) is 0 Å². The van der Waals surface area contributed by atoms with Crippen molar-refractivity contribution in [2.45, 2.75) is 0 Å². The standard InChI is InChI=1S/H6O4Si4/c1-5-2-7(1)8-3-6-4-8/h7-8H,5-6H2. The topological polar surface area (TPSA) is 36.9 Å². The molecule has 0 aromatic carbocycles. The van der Waals surface area contributed by atoms with Crippen LogP contribution < -0.4 is 0 Å². The maximum atomic E-state index is 5.22. The number of rotatable bonds is 1. The van der Waals surface area contributed by atoms with E-state index in [0.717, 1.165) is 0 Å². The van der Waals surface area contributed by atoms with Crippen molar-refractivity contribution in [1.29, 1.82) is 0 Å². The van der Waals surface area contributed by atoms with E-state index >= 15 is 0 Å². The van der Waals surface area contributed by atoms with Crippen molar-refractivity contribution < 1.29 is 16.5 Å². The van der Waals surface area contributed by atoms with E-state index in [0.29, 0.717) is 0 Å². The summed E-state index contributed by atoms with van der Waals surface area (Å²) in [4.78, 5) is 0. The van der Waals surface area contributed by atoms with E-state index in [9.17, 15) is 0 Å². The van der Waals surface area contributed by atoms with Crippen molar-refractivity contribution in [1.82, 2.24) is 0 Å². The Morgan fingerprint density at radius 3 is 1.25 bits per heavy atom. The third-order valence-electron chi connectivity index (χ3n) is 1.15. The summed E-state index contributed by atoms with van der Waals surface area (Å²) in [7, 11) is -3.45. The molecule has 0 aromatic rings. The quantitative estimate of drug-likeness (QED) is 0.396. The zero-order chi connectivity index (χ0) is 5.40. The summed E-state index contributed by atoms with van der Waals surface area (Å²) in [5, 5.41) is 0. The van der Waals surface area contributed by atoms with Gasteiger partial charge in [0.15, 0.2) is 0 Å². The van der Waals surface area contributed by atoms with Crippen LogP contribution in [0, 0.1) is 0 Å². The summed E-state index contributed by atoms with van der Waals surface area (Å²) in [5.74, 6) is 0. The molecule has 0 saturated carbocycles. The average Bonchev–Trinajstić information content (AvgIpc) is 1.47. The molecule has 2 saturated heterocycles. The summed E-state index contributed by atoms with van der Waals surface area (Å²) in [5.41, 5.74) is 0. The molecule has 0 aliphatic carbocycles. The molecule has 0 bridgehead atoms. The Hall–Kier alpha value is 0.708. The molecule has 0 unspecified atom stereocenters. The van der Waals surface area contributed by atoms with Crippen molar-refractivity contribution in [3.63, 3.8) is 0 Å². The van der Waals surface area contributed by atoms with Crippen LogP contribution in [0.15, 0.2) is 0 Å². The van der Waals surface area contributed by atoms with Crippen molar-refractivity contribution in [2.24, 2.45) is 0 Å². The van der Waals surface area contributed by atoms with Gasteiger partial charge in [0, 0.05) is 0 Å². The minimum atomic E-state index is -1.22. The van der Waals surface area contributed by atoms with Gasteiger partial charge in [-0.2, -0.15) is 0 Å². The van der Waals surface area contributed by atoms with Crippen LogP contribution in [0.3, 0.4) is 0 Å². The Morgan fingerprint density at radius 1 is 0.750 bits per heavy atom. The Kier molecular flexibility index (Phi) is 1.47. The average molecular weight is 182 g/mol. The number of hydrogen-bond acceptors (Lipinski definition) is 4. The van der Waals surface area contributed by atoms with Crippen LogP contribution in [-0.2, 0) is 16.5 Å². The molecular formula is H6O4Si4. The Morgan fingerprint density at radius 2 is 1.12 bits per heavy atom. The smallest absolute Gasteiger partial charge is 0.344 e. The van der Waals surface area contributed by atoms with Gasteiger partial charge in [-0.25, -0.2) is 0 Å². The highest BCUT2D eigenvalue weighted by Crippen LogP contribution is 2.10. The van der Waals surface area contributed by atoms with Gasteiger partial charge in [0.1, 0.15) is 0 Å². The minimum Gasteiger partial charge on any atom is -0.422 e. The maximum absolute atomic E-state index is 5.22. The molecule has 2 heterocycles. The van der Waals surface area contributed by atoms with Gasteiger partial charge in [-0.1, -0.05) is 0 Å². The van der Waals surface area contributed by atoms with Crippen LogP contribution in [-0.4, -0.2) is 37.6 Å². The minimum absolute atomic E-state index is 0.509. The normalized spacial score (nSPS) is 51.0. The van der Waals surface area contributed by atoms with Crippen LogP contribution in [0.5, 0.6) is 0 Å². The highest BCUT2D eigenvalue weighted by atomic mass is 29.3. The molecule has 2 fully saturated rings. The van der Waals surface area contributed by atoms with Gasteiger partial charge < -0.3 is 16.5 Å². The fourth-order valence-electron chi connectivity index (χ4n) is 0.607. The molecule has 0 spiro atoms. The van der Waals surface area contributed by atoms with Crippen LogP contribution in [0.1, 0.15) is 0 Å². The Labute approximate surface area is 54.7 Å².